The number of hydrogen-bond acceptors (Lipinski definition) is 7. The molecule has 0 aliphatic carbocycles. The fourth-order valence-electron chi connectivity index (χ4n) is 5.09. The van der Waals surface area contributed by atoms with Crippen molar-refractivity contribution in [3.63, 3.8) is 0 Å². The van der Waals surface area contributed by atoms with Gasteiger partial charge in [-0.15, -0.1) is 0 Å². The van der Waals surface area contributed by atoms with Gasteiger partial charge in [0.05, 0.1) is 29.3 Å². The third-order valence-electron chi connectivity index (χ3n) is 7.07. The van der Waals surface area contributed by atoms with Crippen LogP contribution in [-0.2, 0) is 13.1 Å². The average Bonchev–Trinajstić information content (AvgIpc) is 3.66. The molecule has 41 heavy (non-hydrogen) atoms. The average molecular weight is 571 g/mol. The number of rotatable bonds is 7. The summed E-state index contributed by atoms with van der Waals surface area (Å²) in [7, 11) is 1.84. The highest BCUT2D eigenvalue weighted by Crippen LogP contribution is 2.35. The van der Waals surface area contributed by atoms with Crippen LogP contribution in [0.2, 0.25) is 0 Å². The molecule has 14 heteroatoms. The Labute approximate surface area is 230 Å². The number of piperidine rings is 1. The van der Waals surface area contributed by atoms with Crippen LogP contribution >= 0.6 is 0 Å². The summed E-state index contributed by atoms with van der Waals surface area (Å²) in [5, 5.41) is 14.4. The summed E-state index contributed by atoms with van der Waals surface area (Å²) in [6.45, 7) is -0.467. The zero-order valence-corrected chi connectivity index (χ0v) is 21.9. The van der Waals surface area contributed by atoms with Gasteiger partial charge in [0.25, 0.3) is 5.91 Å². The third-order valence-corrected chi connectivity index (χ3v) is 7.07. The lowest BCUT2D eigenvalue weighted by molar-refractivity contribution is -0.139. The van der Waals surface area contributed by atoms with Crippen LogP contribution in [0.15, 0.2) is 59.3 Å². The maximum absolute atomic E-state index is 14.7. The second-order valence-electron chi connectivity index (χ2n) is 10.1. The van der Waals surface area contributed by atoms with Crippen LogP contribution in [-0.4, -0.2) is 73.7 Å². The first-order chi connectivity index (χ1) is 19.6. The van der Waals surface area contributed by atoms with E-state index < -0.39 is 30.8 Å². The number of pyridine rings is 1. The van der Waals surface area contributed by atoms with E-state index in [1.807, 2.05) is 18.0 Å². The number of anilines is 1. The molecule has 0 spiro atoms. The molecule has 5 aromatic rings. The van der Waals surface area contributed by atoms with Gasteiger partial charge in [-0.05, 0) is 49.9 Å². The molecule has 2 N–H and O–H groups in total. The molecular formula is C27H26F4N8O2. The quantitative estimate of drug-likeness (QED) is 0.282. The van der Waals surface area contributed by atoms with Crippen molar-refractivity contribution in [2.45, 2.75) is 37.9 Å². The number of nitrogens with one attached hydrogen (secondary N) is 2. The molecule has 10 nitrogen and oxygen atoms in total. The Bertz CT molecular complexity index is 1680. The zero-order chi connectivity index (χ0) is 28.7. The number of fused-ring (bicyclic) bond motifs is 2. The van der Waals surface area contributed by atoms with E-state index in [-0.39, 0.29) is 41.7 Å². The maximum atomic E-state index is 14.7. The Morgan fingerprint density at radius 3 is 2.80 bits per heavy atom. The van der Waals surface area contributed by atoms with Crippen LogP contribution in [0, 0.1) is 0 Å². The van der Waals surface area contributed by atoms with Crippen LogP contribution in [0.1, 0.15) is 22.8 Å². The topological polar surface area (TPSA) is 106 Å². The van der Waals surface area contributed by atoms with Gasteiger partial charge in [-0.25, -0.2) is 8.91 Å². The summed E-state index contributed by atoms with van der Waals surface area (Å²) < 4.78 is 63.5. The van der Waals surface area contributed by atoms with Crippen molar-refractivity contribution >= 4 is 28.0 Å². The number of hydrogen-bond donors (Lipinski definition) is 2. The summed E-state index contributed by atoms with van der Waals surface area (Å²) in [5.74, 6) is -0.544. The van der Waals surface area contributed by atoms with E-state index in [4.69, 9.17) is 4.52 Å². The van der Waals surface area contributed by atoms with Crippen LogP contribution in [0.25, 0.3) is 27.9 Å². The van der Waals surface area contributed by atoms with E-state index in [2.05, 4.69) is 25.9 Å². The first kappa shape index (κ1) is 26.7. The van der Waals surface area contributed by atoms with Gasteiger partial charge in [0.1, 0.15) is 12.7 Å². The number of nitrogens with zero attached hydrogens (tertiary/aromatic N) is 6. The van der Waals surface area contributed by atoms with Crippen molar-refractivity contribution in [2.75, 3.05) is 25.5 Å². The fourth-order valence-corrected chi connectivity index (χ4v) is 5.09. The van der Waals surface area contributed by atoms with Crippen LogP contribution in [0.3, 0.4) is 0 Å². The smallest absolute Gasteiger partial charge is 0.379 e. The molecular weight excluding hydrogens is 544 g/mol. The number of carbonyl (C=O) groups excluding carboxylic acids is 1. The van der Waals surface area contributed by atoms with Crippen molar-refractivity contribution < 1.29 is 26.9 Å². The number of halogens is 4. The number of benzene rings is 1. The Balaban J connectivity index is 1.26. The molecule has 2 atom stereocenters. The lowest BCUT2D eigenvalue weighted by Crippen LogP contribution is -2.46. The minimum absolute atomic E-state index is 0.00544. The van der Waals surface area contributed by atoms with E-state index in [1.54, 1.807) is 47.1 Å². The van der Waals surface area contributed by atoms with Crippen molar-refractivity contribution in [1.29, 1.82) is 0 Å². The number of likely N-dealkylation sites (tertiary alicyclic amines) is 1. The molecule has 1 amide bonds. The van der Waals surface area contributed by atoms with Crippen molar-refractivity contribution in [3.05, 3.63) is 66.3 Å². The molecule has 1 saturated heterocycles. The molecule has 4 aromatic heterocycles. The monoisotopic (exact) mass is 570 g/mol. The number of alkyl halides is 4. The Morgan fingerprint density at radius 2 is 2.02 bits per heavy atom. The third kappa shape index (κ3) is 5.59. The van der Waals surface area contributed by atoms with Crippen LogP contribution in [0.5, 0.6) is 0 Å². The Morgan fingerprint density at radius 1 is 1.17 bits per heavy atom. The lowest BCUT2D eigenvalue weighted by atomic mass is 10.0. The first-order valence-corrected chi connectivity index (χ1v) is 13.0. The summed E-state index contributed by atoms with van der Waals surface area (Å²) in [5.41, 5.74) is 1.80. The molecule has 1 aromatic carbocycles. The molecule has 0 bridgehead atoms. The van der Waals surface area contributed by atoms with Gasteiger partial charge in [0.2, 0.25) is 11.7 Å². The molecule has 6 rings (SSSR count). The van der Waals surface area contributed by atoms with Gasteiger partial charge in [-0.2, -0.15) is 23.3 Å². The number of aromatic nitrogens is 5. The fraction of sp³-hybridized carbons (Fsp3) is 0.333. The molecule has 0 saturated carbocycles. The second kappa shape index (κ2) is 10.5. The highest BCUT2D eigenvalue weighted by atomic mass is 19.4. The first-order valence-electron chi connectivity index (χ1n) is 13.0. The summed E-state index contributed by atoms with van der Waals surface area (Å²) in [6, 6.07) is 13.0. The van der Waals surface area contributed by atoms with E-state index in [9.17, 15) is 22.4 Å². The Hall–Kier alpha value is -4.46. The summed E-state index contributed by atoms with van der Waals surface area (Å²) >= 11 is 0. The molecule has 0 unspecified atom stereocenters. The molecule has 1 fully saturated rings. The van der Waals surface area contributed by atoms with Gasteiger partial charge in [-0.3, -0.25) is 4.79 Å². The predicted octanol–water partition coefficient (Wildman–Crippen LogP) is 4.29. The Kier molecular flexibility index (Phi) is 6.85. The van der Waals surface area contributed by atoms with Crippen molar-refractivity contribution in [1.82, 2.24) is 34.5 Å². The lowest BCUT2D eigenvalue weighted by Gasteiger charge is -2.33. The van der Waals surface area contributed by atoms with Crippen LogP contribution < -0.4 is 10.6 Å². The highest BCUT2D eigenvalue weighted by Gasteiger charge is 2.32. The number of amides is 1. The number of carbonyl (C=O) groups is 1. The molecule has 1 aliphatic heterocycles. The predicted molar refractivity (Wildman–Crippen MR) is 142 cm³/mol. The highest BCUT2D eigenvalue weighted by molar-refractivity contribution is 5.96. The minimum Gasteiger partial charge on any atom is -0.379 e. The molecule has 0 radical (unpaired) electrons. The van der Waals surface area contributed by atoms with Gasteiger partial charge in [0.15, 0.2) is 5.69 Å². The summed E-state index contributed by atoms with van der Waals surface area (Å²) in [4.78, 5) is 18.7. The van der Waals surface area contributed by atoms with Crippen molar-refractivity contribution in [2.24, 2.45) is 0 Å². The largest absolute Gasteiger partial charge is 0.406 e. The molecule has 214 valence electrons. The minimum atomic E-state index is -4.53. The van der Waals surface area contributed by atoms with Crippen molar-refractivity contribution in [3.8, 4) is 11.5 Å². The van der Waals surface area contributed by atoms with E-state index in [0.29, 0.717) is 24.0 Å². The normalized spacial score (nSPS) is 18.3. The standard InChI is InChI=1S/C27H26F4N8O2/c1-37-10-8-20(18(28)14-37)33-19-6-4-7-22-17(19)12-23(38(22)15-27(29,30)31)25-34-24(41-36-25)13-32-26(40)21-11-16-5-2-3-9-39(16)35-21/h2-7,9,11-12,18,20,33H,8,10,13-15H2,1H3,(H,32,40)/t18-,20+/m0/s1. The van der Waals surface area contributed by atoms with Gasteiger partial charge < -0.3 is 24.6 Å². The van der Waals surface area contributed by atoms with E-state index >= 15 is 0 Å². The second-order valence-corrected chi connectivity index (χ2v) is 10.1. The SMILES string of the molecule is CN1CC[C@@H](Nc2cccc3c2cc(-c2noc(CNC(=O)c4cc5ccccn5n4)n2)n3CC(F)(F)F)[C@@H](F)C1. The van der Waals surface area contributed by atoms with Crippen LogP contribution in [0.4, 0.5) is 23.2 Å². The maximum Gasteiger partial charge on any atom is 0.406 e. The van der Waals surface area contributed by atoms with E-state index in [1.165, 1.54) is 6.07 Å². The zero-order valence-electron chi connectivity index (χ0n) is 21.9. The molecule has 5 heterocycles. The molecule has 1 aliphatic rings. The van der Waals surface area contributed by atoms with Gasteiger partial charge in [0, 0.05) is 30.4 Å². The van der Waals surface area contributed by atoms with Gasteiger partial charge >= 0.3 is 6.18 Å². The van der Waals surface area contributed by atoms with E-state index in [0.717, 1.165) is 10.1 Å². The van der Waals surface area contributed by atoms with Gasteiger partial charge in [-0.1, -0.05) is 17.3 Å². The summed E-state index contributed by atoms with van der Waals surface area (Å²) in [6.07, 6.45) is -3.40.